The SMILES string of the molecule is C=C(/C=C(\Nc1cccc(CN)c1)C(=O)Nc1cccc(C(N)(CCC2CC2)C2=CC(C#N)CC=C2)c1)C(F)(F)F. The minimum absolute atomic E-state index is 0.227. The van der Waals surface area contributed by atoms with Gasteiger partial charge in [-0.25, -0.2) is 0 Å². The Morgan fingerprint density at radius 1 is 1.12 bits per heavy atom. The van der Waals surface area contributed by atoms with Gasteiger partial charge >= 0.3 is 6.18 Å². The lowest BCUT2D eigenvalue weighted by Crippen LogP contribution is -2.39. The van der Waals surface area contributed by atoms with E-state index in [0.717, 1.165) is 23.1 Å². The molecule has 2 aliphatic carbocycles. The van der Waals surface area contributed by atoms with Gasteiger partial charge in [0.05, 0.1) is 23.1 Å². The molecule has 0 heterocycles. The summed E-state index contributed by atoms with van der Waals surface area (Å²) in [5.74, 6) is -0.438. The molecule has 41 heavy (non-hydrogen) atoms. The number of carbonyl (C=O) groups excluding carboxylic acids is 1. The maximum absolute atomic E-state index is 13.3. The van der Waals surface area contributed by atoms with E-state index in [1.165, 1.54) is 12.8 Å². The summed E-state index contributed by atoms with van der Waals surface area (Å²) in [4.78, 5) is 13.3. The molecule has 2 unspecified atom stereocenters. The van der Waals surface area contributed by atoms with E-state index in [1.807, 2.05) is 24.3 Å². The predicted molar refractivity (Wildman–Crippen MR) is 155 cm³/mol. The number of carbonyl (C=O) groups is 1. The number of allylic oxidation sites excluding steroid dienone is 4. The number of hydrogen-bond acceptors (Lipinski definition) is 5. The minimum atomic E-state index is -4.71. The van der Waals surface area contributed by atoms with Crippen LogP contribution >= 0.6 is 0 Å². The maximum atomic E-state index is 13.3. The first-order valence-corrected chi connectivity index (χ1v) is 13.5. The summed E-state index contributed by atoms with van der Waals surface area (Å²) in [6, 6.07) is 16.0. The van der Waals surface area contributed by atoms with Crippen LogP contribution in [0.5, 0.6) is 0 Å². The van der Waals surface area contributed by atoms with Gasteiger partial charge in [-0.3, -0.25) is 4.79 Å². The van der Waals surface area contributed by atoms with E-state index in [9.17, 15) is 23.2 Å². The van der Waals surface area contributed by atoms with E-state index in [0.29, 0.717) is 36.2 Å². The average Bonchev–Trinajstić information content (AvgIpc) is 3.80. The van der Waals surface area contributed by atoms with E-state index in [-0.39, 0.29) is 18.2 Å². The lowest BCUT2D eigenvalue weighted by Gasteiger charge is -2.34. The third kappa shape index (κ3) is 7.75. The maximum Gasteiger partial charge on any atom is 0.415 e. The van der Waals surface area contributed by atoms with Crippen molar-refractivity contribution in [3.05, 3.63) is 107 Å². The fourth-order valence-corrected chi connectivity index (χ4v) is 4.78. The smallest absolute Gasteiger partial charge is 0.351 e. The molecule has 6 N–H and O–H groups in total. The van der Waals surface area contributed by atoms with E-state index in [2.05, 4.69) is 23.3 Å². The van der Waals surface area contributed by atoms with Gasteiger partial charge in [-0.1, -0.05) is 61.9 Å². The number of nitrogens with one attached hydrogen (secondary N) is 2. The number of hydrogen-bond donors (Lipinski definition) is 4. The van der Waals surface area contributed by atoms with Crippen molar-refractivity contribution in [3.8, 4) is 6.07 Å². The Kier molecular flexibility index (Phi) is 9.16. The Morgan fingerprint density at radius 2 is 1.83 bits per heavy atom. The van der Waals surface area contributed by atoms with Crippen LogP contribution in [0.4, 0.5) is 24.5 Å². The Morgan fingerprint density at radius 3 is 2.49 bits per heavy atom. The fraction of sp³-hybridized carbons (Fsp3) is 0.312. The molecule has 0 aromatic heterocycles. The zero-order valence-corrected chi connectivity index (χ0v) is 22.7. The molecular weight excluding hydrogens is 527 g/mol. The fourth-order valence-electron chi connectivity index (χ4n) is 4.78. The molecule has 1 saturated carbocycles. The molecular formula is C32H34F3N5O. The molecule has 1 fully saturated rings. The molecule has 9 heteroatoms. The standard InChI is InChI=1S/C32H34F3N5O/c1-21(32(33,34)35)15-29(39-27-9-3-6-24(17-27)20-37)30(41)40-28-10-4-8-26(18-28)31(38,14-13-22-11-12-22)25-7-2-5-23(16-25)19-36/h2-4,6-10,15-18,22-23,39H,1,5,11-14,20,37-38H2,(H,40,41)/b29-15-. The largest absolute Gasteiger partial charge is 0.415 e. The van der Waals surface area contributed by atoms with Crippen molar-refractivity contribution in [2.24, 2.45) is 23.3 Å². The zero-order valence-electron chi connectivity index (χ0n) is 22.7. The molecule has 0 saturated heterocycles. The van der Waals surface area contributed by atoms with Crippen LogP contribution in [0.15, 0.2) is 96.3 Å². The Labute approximate surface area is 238 Å². The van der Waals surface area contributed by atoms with Crippen molar-refractivity contribution in [2.45, 2.75) is 50.4 Å². The second-order valence-electron chi connectivity index (χ2n) is 10.6. The van der Waals surface area contributed by atoms with Gasteiger partial charge in [-0.2, -0.15) is 18.4 Å². The summed E-state index contributed by atoms with van der Waals surface area (Å²) in [7, 11) is 0. The van der Waals surface area contributed by atoms with Crippen LogP contribution in [0, 0.1) is 23.2 Å². The van der Waals surface area contributed by atoms with E-state index >= 15 is 0 Å². The van der Waals surface area contributed by atoms with Gasteiger partial charge in [0.1, 0.15) is 5.70 Å². The third-order valence-electron chi connectivity index (χ3n) is 7.40. The first-order chi connectivity index (χ1) is 19.5. The van der Waals surface area contributed by atoms with Crippen LogP contribution in [0.2, 0.25) is 0 Å². The lowest BCUT2D eigenvalue weighted by molar-refractivity contribution is -0.112. The Hall–Kier alpha value is -4.13. The normalized spacial score (nSPS) is 18.6. The van der Waals surface area contributed by atoms with Crippen LogP contribution in [0.1, 0.15) is 43.2 Å². The summed E-state index contributed by atoms with van der Waals surface area (Å²) < 4.78 is 40.0. The number of anilines is 2. The average molecular weight is 562 g/mol. The highest BCUT2D eigenvalue weighted by Gasteiger charge is 2.35. The van der Waals surface area contributed by atoms with Crippen LogP contribution < -0.4 is 22.1 Å². The monoisotopic (exact) mass is 561 g/mol. The van der Waals surface area contributed by atoms with Crippen molar-refractivity contribution < 1.29 is 18.0 Å². The molecule has 6 nitrogen and oxygen atoms in total. The third-order valence-corrected chi connectivity index (χ3v) is 7.40. The van der Waals surface area contributed by atoms with Gasteiger partial charge in [0, 0.05) is 17.9 Å². The summed E-state index contributed by atoms with van der Waals surface area (Å²) >= 11 is 0. The molecule has 1 amide bonds. The van der Waals surface area contributed by atoms with Crippen LogP contribution in [0.3, 0.4) is 0 Å². The van der Waals surface area contributed by atoms with Gasteiger partial charge in [0.25, 0.3) is 5.91 Å². The van der Waals surface area contributed by atoms with Crippen molar-refractivity contribution in [1.82, 2.24) is 0 Å². The summed E-state index contributed by atoms with van der Waals surface area (Å²) in [6.07, 6.45) is 6.30. The quantitative estimate of drug-likeness (QED) is 0.183. The lowest BCUT2D eigenvalue weighted by atomic mass is 9.76. The highest BCUT2D eigenvalue weighted by Crippen LogP contribution is 2.42. The molecule has 2 atom stereocenters. The van der Waals surface area contributed by atoms with Gasteiger partial charge in [0.15, 0.2) is 0 Å². The minimum Gasteiger partial charge on any atom is -0.351 e. The van der Waals surface area contributed by atoms with Crippen LogP contribution in [-0.2, 0) is 16.9 Å². The number of rotatable bonds is 11. The second kappa shape index (κ2) is 12.6. The summed E-state index contributed by atoms with van der Waals surface area (Å²) in [5, 5.41) is 15.0. The molecule has 2 aromatic carbocycles. The predicted octanol–water partition coefficient (Wildman–Crippen LogP) is 6.57. The second-order valence-corrected chi connectivity index (χ2v) is 10.6. The number of nitrogens with zero attached hydrogens (tertiary/aromatic N) is 1. The molecule has 2 aromatic rings. The summed E-state index contributed by atoms with van der Waals surface area (Å²) in [5.41, 5.74) is 13.4. The number of halogens is 3. The molecule has 0 spiro atoms. The Balaban J connectivity index is 1.64. The number of amides is 1. The van der Waals surface area contributed by atoms with Gasteiger partial charge < -0.3 is 22.1 Å². The molecule has 0 aliphatic heterocycles. The molecule has 214 valence electrons. The molecule has 0 bridgehead atoms. The molecule has 2 aliphatic rings. The number of alkyl halides is 3. The van der Waals surface area contributed by atoms with E-state index in [1.54, 1.807) is 42.5 Å². The first kappa shape index (κ1) is 29.8. The van der Waals surface area contributed by atoms with Gasteiger partial charge in [0.2, 0.25) is 0 Å². The number of nitriles is 1. The van der Waals surface area contributed by atoms with E-state index in [4.69, 9.17) is 11.5 Å². The Bertz CT molecular complexity index is 1430. The topological polar surface area (TPSA) is 117 Å². The highest BCUT2D eigenvalue weighted by molar-refractivity contribution is 6.06. The van der Waals surface area contributed by atoms with Crippen molar-refractivity contribution in [3.63, 3.8) is 0 Å². The van der Waals surface area contributed by atoms with Crippen molar-refractivity contribution in [1.29, 1.82) is 5.26 Å². The van der Waals surface area contributed by atoms with Crippen molar-refractivity contribution in [2.75, 3.05) is 10.6 Å². The number of nitrogens with two attached hydrogens (primary N) is 2. The van der Waals surface area contributed by atoms with Gasteiger partial charge in [-0.05, 0) is 72.2 Å². The zero-order chi connectivity index (χ0) is 29.6. The number of benzene rings is 2. The molecule has 4 rings (SSSR count). The van der Waals surface area contributed by atoms with Crippen LogP contribution in [-0.4, -0.2) is 12.1 Å². The summed E-state index contributed by atoms with van der Waals surface area (Å²) in [6.45, 7) is 3.32. The highest BCUT2D eigenvalue weighted by atomic mass is 19.4. The van der Waals surface area contributed by atoms with Gasteiger partial charge in [-0.15, -0.1) is 0 Å². The first-order valence-electron chi connectivity index (χ1n) is 13.5. The van der Waals surface area contributed by atoms with E-state index < -0.39 is 23.2 Å². The van der Waals surface area contributed by atoms with Crippen molar-refractivity contribution >= 4 is 17.3 Å². The van der Waals surface area contributed by atoms with Crippen LogP contribution in [0.25, 0.3) is 0 Å². The molecule has 0 radical (unpaired) electrons.